The minimum absolute atomic E-state index is 0.645. The lowest BCUT2D eigenvalue weighted by atomic mass is 10.2. The van der Waals surface area contributed by atoms with Crippen LogP contribution in [0, 0.1) is 0 Å². The number of benzene rings is 1. The van der Waals surface area contributed by atoms with Gasteiger partial charge in [-0.2, -0.15) is 5.10 Å². The summed E-state index contributed by atoms with van der Waals surface area (Å²) in [5.41, 5.74) is 1.03. The van der Waals surface area contributed by atoms with Crippen LogP contribution in [0.15, 0.2) is 35.3 Å². The van der Waals surface area contributed by atoms with Gasteiger partial charge in [-0.3, -0.25) is 0 Å². The number of hydrogen-bond donors (Lipinski definition) is 0. The Bertz CT molecular complexity index is 428. The Kier molecular flexibility index (Phi) is 2.84. The van der Waals surface area contributed by atoms with Gasteiger partial charge in [0.05, 0.1) is 6.54 Å². The van der Waals surface area contributed by atoms with Crippen molar-refractivity contribution in [2.45, 2.75) is 6.54 Å². The minimum atomic E-state index is 0.645. The van der Waals surface area contributed by atoms with Crippen LogP contribution in [0.25, 0.3) is 0 Å². The molecule has 0 bridgehead atoms. The first-order chi connectivity index (χ1) is 6.75. The van der Waals surface area contributed by atoms with Gasteiger partial charge in [-0.05, 0) is 17.7 Å². The van der Waals surface area contributed by atoms with Crippen LogP contribution in [-0.4, -0.2) is 14.8 Å². The summed E-state index contributed by atoms with van der Waals surface area (Å²) in [6, 6.07) is 5.79. The molecular weight excluding hydrogens is 265 g/mol. The van der Waals surface area contributed by atoms with Crippen LogP contribution in [0.2, 0.25) is 5.02 Å². The molecule has 0 atom stereocenters. The van der Waals surface area contributed by atoms with Crippen LogP contribution >= 0.6 is 27.5 Å². The molecule has 3 nitrogen and oxygen atoms in total. The fourth-order valence-corrected chi connectivity index (χ4v) is 1.87. The number of rotatable bonds is 2. The first-order valence-corrected chi connectivity index (χ1v) is 5.19. The predicted molar refractivity (Wildman–Crippen MR) is 58.3 cm³/mol. The first kappa shape index (κ1) is 9.68. The van der Waals surface area contributed by atoms with E-state index in [1.807, 2.05) is 18.2 Å². The summed E-state index contributed by atoms with van der Waals surface area (Å²) in [6.07, 6.45) is 3.17. The Morgan fingerprint density at radius 3 is 2.93 bits per heavy atom. The Balaban J connectivity index is 2.25. The third kappa shape index (κ3) is 2.13. The summed E-state index contributed by atoms with van der Waals surface area (Å²) in [5, 5.41) is 4.74. The fourth-order valence-electron chi connectivity index (χ4n) is 1.14. The van der Waals surface area contributed by atoms with Crippen molar-refractivity contribution in [2.75, 3.05) is 0 Å². The van der Waals surface area contributed by atoms with Gasteiger partial charge in [-0.1, -0.05) is 33.6 Å². The van der Waals surface area contributed by atoms with Crippen LogP contribution < -0.4 is 0 Å². The van der Waals surface area contributed by atoms with Gasteiger partial charge in [-0.25, -0.2) is 9.67 Å². The highest BCUT2D eigenvalue weighted by atomic mass is 79.9. The van der Waals surface area contributed by atoms with E-state index in [-0.39, 0.29) is 0 Å². The second-order valence-corrected chi connectivity index (χ2v) is 4.15. The SMILES string of the molecule is Clc1cc(Br)ccc1Cn1cncn1. The summed E-state index contributed by atoms with van der Waals surface area (Å²) in [5.74, 6) is 0. The van der Waals surface area contributed by atoms with E-state index >= 15 is 0 Å². The zero-order chi connectivity index (χ0) is 9.97. The summed E-state index contributed by atoms with van der Waals surface area (Å²) in [4.78, 5) is 3.87. The van der Waals surface area contributed by atoms with E-state index in [1.165, 1.54) is 6.33 Å². The molecule has 0 fully saturated rings. The van der Waals surface area contributed by atoms with E-state index in [1.54, 1.807) is 11.0 Å². The molecule has 0 aliphatic rings. The van der Waals surface area contributed by atoms with Crippen molar-refractivity contribution >= 4 is 27.5 Å². The number of aromatic nitrogens is 3. The molecule has 0 saturated carbocycles. The zero-order valence-corrected chi connectivity index (χ0v) is 9.53. The van der Waals surface area contributed by atoms with Gasteiger partial charge in [-0.15, -0.1) is 0 Å². The molecule has 5 heteroatoms. The van der Waals surface area contributed by atoms with Crippen LogP contribution in [0.5, 0.6) is 0 Å². The third-order valence-corrected chi connectivity index (χ3v) is 2.66. The highest BCUT2D eigenvalue weighted by Crippen LogP contribution is 2.21. The molecule has 1 heterocycles. The van der Waals surface area contributed by atoms with Gasteiger partial charge in [0.1, 0.15) is 12.7 Å². The molecule has 0 aliphatic heterocycles. The smallest absolute Gasteiger partial charge is 0.137 e. The summed E-state index contributed by atoms with van der Waals surface area (Å²) >= 11 is 9.41. The monoisotopic (exact) mass is 271 g/mol. The van der Waals surface area contributed by atoms with Gasteiger partial charge in [0.25, 0.3) is 0 Å². The molecule has 0 aliphatic carbocycles. The van der Waals surface area contributed by atoms with Crippen LogP contribution in [0.1, 0.15) is 5.56 Å². The van der Waals surface area contributed by atoms with Crippen molar-refractivity contribution in [3.8, 4) is 0 Å². The van der Waals surface area contributed by atoms with Crippen molar-refractivity contribution in [3.05, 3.63) is 45.9 Å². The molecule has 0 saturated heterocycles. The van der Waals surface area contributed by atoms with Crippen molar-refractivity contribution in [1.82, 2.24) is 14.8 Å². The second-order valence-electron chi connectivity index (χ2n) is 2.83. The molecule has 0 N–H and O–H groups in total. The van der Waals surface area contributed by atoms with Crippen molar-refractivity contribution in [2.24, 2.45) is 0 Å². The molecule has 2 rings (SSSR count). The molecule has 0 amide bonds. The van der Waals surface area contributed by atoms with Crippen molar-refractivity contribution < 1.29 is 0 Å². The highest BCUT2D eigenvalue weighted by molar-refractivity contribution is 9.10. The summed E-state index contributed by atoms with van der Waals surface area (Å²) in [7, 11) is 0. The Labute approximate surface area is 94.9 Å². The zero-order valence-electron chi connectivity index (χ0n) is 7.19. The Hall–Kier alpha value is -0.870. The lowest BCUT2D eigenvalue weighted by Gasteiger charge is -2.03. The maximum atomic E-state index is 6.05. The Morgan fingerprint density at radius 2 is 2.29 bits per heavy atom. The van der Waals surface area contributed by atoms with Gasteiger partial charge in [0.15, 0.2) is 0 Å². The quantitative estimate of drug-likeness (QED) is 0.841. The fraction of sp³-hybridized carbons (Fsp3) is 0.111. The van der Waals surface area contributed by atoms with Crippen LogP contribution in [-0.2, 0) is 6.54 Å². The largest absolute Gasteiger partial charge is 0.249 e. The van der Waals surface area contributed by atoms with Crippen LogP contribution in [0.4, 0.5) is 0 Å². The van der Waals surface area contributed by atoms with E-state index in [2.05, 4.69) is 26.0 Å². The van der Waals surface area contributed by atoms with E-state index in [9.17, 15) is 0 Å². The van der Waals surface area contributed by atoms with E-state index in [0.717, 1.165) is 15.1 Å². The second kappa shape index (κ2) is 4.11. The first-order valence-electron chi connectivity index (χ1n) is 4.02. The van der Waals surface area contributed by atoms with E-state index in [0.29, 0.717) is 6.54 Å². The summed E-state index contributed by atoms with van der Waals surface area (Å²) in [6.45, 7) is 0.645. The minimum Gasteiger partial charge on any atom is -0.249 e. The number of halogens is 2. The predicted octanol–water partition coefficient (Wildman–Crippen LogP) is 2.74. The molecule has 14 heavy (non-hydrogen) atoms. The highest BCUT2D eigenvalue weighted by Gasteiger charge is 2.01. The van der Waals surface area contributed by atoms with E-state index < -0.39 is 0 Å². The molecule has 1 aromatic carbocycles. The topological polar surface area (TPSA) is 30.7 Å². The maximum absolute atomic E-state index is 6.05. The van der Waals surface area contributed by atoms with Crippen molar-refractivity contribution in [1.29, 1.82) is 0 Å². The average molecular weight is 273 g/mol. The van der Waals surface area contributed by atoms with Crippen molar-refractivity contribution in [3.63, 3.8) is 0 Å². The molecule has 0 radical (unpaired) electrons. The van der Waals surface area contributed by atoms with Gasteiger partial charge >= 0.3 is 0 Å². The molecule has 72 valence electrons. The average Bonchev–Trinajstić information content (AvgIpc) is 2.62. The normalized spacial score (nSPS) is 10.4. The molecule has 2 aromatic rings. The number of nitrogens with zero attached hydrogens (tertiary/aromatic N) is 3. The maximum Gasteiger partial charge on any atom is 0.137 e. The third-order valence-electron chi connectivity index (χ3n) is 1.81. The van der Waals surface area contributed by atoms with Gasteiger partial charge < -0.3 is 0 Å². The van der Waals surface area contributed by atoms with Gasteiger partial charge in [0.2, 0.25) is 0 Å². The Morgan fingerprint density at radius 1 is 1.43 bits per heavy atom. The molecule has 0 unspecified atom stereocenters. The van der Waals surface area contributed by atoms with Gasteiger partial charge in [0, 0.05) is 9.50 Å². The lowest BCUT2D eigenvalue weighted by Crippen LogP contribution is -2.00. The molecule has 0 spiro atoms. The summed E-state index contributed by atoms with van der Waals surface area (Å²) < 4.78 is 2.71. The molecule has 1 aromatic heterocycles. The lowest BCUT2D eigenvalue weighted by molar-refractivity contribution is 0.685. The van der Waals surface area contributed by atoms with E-state index in [4.69, 9.17) is 11.6 Å². The number of hydrogen-bond acceptors (Lipinski definition) is 2. The van der Waals surface area contributed by atoms with Crippen LogP contribution in [0.3, 0.4) is 0 Å². The molecular formula is C9H7BrClN3. The standard InChI is InChI=1S/C9H7BrClN3/c10-8-2-1-7(9(11)3-8)4-14-6-12-5-13-14/h1-3,5-6H,4H2.